The van der Waals surface area contributed by atoms with Gasteiger partial charge in [-0.2, -0.15) is 0 Å². The molecule has 1 atom stereocenters. The Morgan fingerprint density at radius 1 is 1.22 bits per heavy atom. The lowest BCUT2D eigenvalue weighted by molar-refractivity contribution is -0.128. The second-order valence-corrected chi connectivity index (χ2v) is 6.10. The molecule has 0 radical (unpaired) electrons. The number of ether oxygens (including phenoxy) is 2. The third kappa shape index (κ3) is 3.76. The number of rotatable bonds is 6. The van der Waals surface area contributed by atoms with Gasteiger partial charge in [0.25, 0.3) is 0 Å². The van der Waals surface area contributed by atoms with Crippen LogP contribution in [-0.4, -0.2) is 41.8 Å². The first-order valence-electron chi connectivity index (χ1n) is 7.37. The van der Waals surface area contributed by atoms with Crippen molar-refractivity contribution in [1.29, 1.82) is 0 Å². The van der Waals surface area contributed by atoms with Gasteiger partial charge >= 0.3 is 0 Å². The minimum Gasteiger partial charge on any atom is -0.497 e. The first kappa shape index (κ1) is 15.7. The van der Waals surface area contributed by atoms with Crippen LogP contribution in [0.25, 0.3) is 0 Å². The highest BCUT2D eigenvalue weighted by atomic mass is 32.2. The predicted molar refractivity (Wildman–Crippen MR) is 89.6 cm³/mol. The Morgan fingerprint density at radius 3 is 2.70 bits per heavy atom. The van der Waals surface area contributed by atoms with Crippen molar-refractivity contribution < 1.29 is 14.3 Å². The highest BCUT2D eigenvalue weighted by Gasteiger charge is 2.33. The molecule has 0 aliphatic carbocycles. The van der Waals surface area contributed by atoms with Gasteiger partial charge in [0.2, 0.25) is 5.91 Å². The van der Waals surface area contributed by atoms with Crippen LogP contribution in [0.1, 0.15) is 11.1 Å². The molecular formula is C17H18N2O3S. The summed E-state index contributed by atoms with van der Waals surface area (Å²) in [5.74, 6) is 2.17. The van der Waals surface area contributed by atoms with Gasteiger partial charge in [0.05, 0.1) is 25.1 Å². The first-order valence-corrected chi connectivity index (χ1v) is 8.41. The summed E-state index contributed by atoms with van der Waals surface area (Å²) < 4.78 is 10.8. The van der Waals surface area contributed by atoms with Gasteiger partial charge in [-0.3, -0.25) is 9.78 Å². The van der Waals surface area contributed by atoms with E-state index in [4.69, 9.17) is 9.47 Å². The van der Waals surface area contributed by atoms with Crippen molar-refractivity contribution in [2.45, 2.75) is 5.37 Å². The van der Waals surface area contributed by atoms with Crippen molar-refractivity contribution in [2.75, 3.05) is 26.0 Å². The largest absolute Gasteiger partial charge is 0.497 e. The summed E-state index contributed by atoms with van der Waals surface area (Å²) in [6.45, 7) is 0.987. The fraction of sp³-hybridized carbons (Fsp3) is 0.294. The molecule has 1 saturated heterocycles. The lowest BCUT2D eigenvalue weighted by Crippen LogP contribution is -2.32. The number of hydrogen-bond donors (Lipinski definition) is 0. The summed E-state index contributed by atoms with van der Waals surface area (Å²) in [5.41, 5.74) is 0.910. The quantitative estimate of drug-likeness (QED) is 0.815. The van der Waals surface area contributed by atoms with E-state index in [0.717, 1.165) is 17.2 Å². The summed E-state index contributed by atoms with van der Waals surface area (Å²) >= 11 is 1.60. The smallest absolute Gasteiger partial charge is 0.234 e. The van der Waals surface area contributed by atoms with Gasteiger partial charge in [-0.05, 0) is 36.4 Å². The van der Waals surface area contributed by atoms with E-state index >= 15 is 0 Å². The third-order valence-corrected chi connectivity index (χ3v) is 4.79. The number of benzene rings is 1. The van der Waals surface area contributed by atoms with Crippen LogP contribution in [-0.2, 0) is 4.79 Å². The Balaban J connectivity index is 1.58. The molecule has 0 spiro atoms. The number of hydrogen-bond acceptors (Lipinski definition) is 5. The van der Waals surface area contributed by atoms with Crippen LogP contribution in [0.3, 0.4) is 0 Å². The maximum Gasteiger partial charge on any atom is 0.234 e. The highest BCUT2D eigenvalue weighted by Crippen LogP contribution is 2.37. The lowest BCUT2D eigenvalue weighted by Gasteiger charge is -2.23. The normalized spacial score (nSPS) is 17.3. The zero-order chi connectivity index (χ0) is 16.1. The van der Waals surface area contributed by atoms with Crippen LogP contribution in [0.5, 0.6) is 11.5 Å². The van der Waals surface area contributed by atoms with Crippen molar-refractivity contribution in [2.24, 2.45) is 0 Å². The van der Waals surface area contributed by atoms with Crippen molar-refractivity contribution >= 4 is 17.7 Å². The van der Waals surface area contributed by atoms with Crippen molar-refractivity contribution in [3.63, 3.8) is 0 Å². The Morgan fingerprint density at radius 2 is 2.00 bits per heavy atom. The van der Waals surface area contributed by atoms with E-state index in [0.29, 0.717) is 18.9 Å². The van der Waals surface area contributed by atoms with Crippen molar-refractivity contribution in [3.05, 3.63) is 54.4 Å². The number of methoxy groups -OCH3 is 1. The van der Waals surface area contributed by atoms with E-state index in [1.807, 2.05) is 47.4 Å². The summed E-state index contributed by atoms with van der Waals surface area (Å²) in [7, 11) is 1.63. The second kappa shape index (κ2) is 7.37. The molecule has 1 aliphatic heterocycles. The minimum absolute atomic E-state index is 0.0248. The molecule has 1 fully saturated rings. The SMILES string of the molecule is COc1ccc(OCCN2C(=O)CSC2c2ccccn2)cc1. The molecular weight excluding hydrogens is 312 g/mol. The summed E-state index contributed by atoms with van der Waals surface area (Å²) in [6, 6.07) is 13.2. The molecule has 1 amide bonds. The van der Waals surface area contributed by atoms with E-state index in [9.17, 15) is 4.79 Å². The number of nitrogens with zero attached hydrogens (tertiary/aromatic N) is 2. The fourth-order valence-electron chi connectivity index (χ4n) is 2.40. The van der Waals surface area contributed by atoms with Crippen LogP contribution in [0.4, 0.5) is 0 Å². The van der Waals surface area contributed by atoms with Gasteiger partial charge < -0.3 is 14.4 Å². The molecule has 0 N–H and O–H groups in total. The van der Waals surface area contributed by atoms with Crippen LogP contribution in [0.2, 0.25) is 0 Å². The number of amides is 1. The van der Waals surface area contributed by atoms with E-state index in [2.05, 4.69) is 4.98 Å². The van der Waals surface area contributed by atoms with Gasteiger partial charge in [0, 0.05) is 6.20 Å². The topological polar surface area (TPSA) is 51.7 Å². The van der Waals surface area contributed by atoms with Crippen LogP contribution in [0.15, 0.2) is 48.7 Å². The Kier molecular flexibility index (Phi) is 5.02. The standard InChI is InChI=1S/C17H18N2O3S/c1-21-13-5-7-14(8-6-13)22-11-10-19-16(20)12-23-17(19)15-4-2-3-9-18-15/h2-9,17H,10-12H2,1H3. The van der Waals surface area contributed by atoms with Crippen LogP contribution < -0.4 is 9.47 Å². The average molecular weight is 330 g/mol. The van der Waals surface area contributed by atoms with Gasteiger partial charge in [-0.1, -0.05) is 6.07 Å². The first-order chi connectivity index (χ1) is 11.3. The molecule has 120 valence electrons. The van der Waals surface area contributed by atoms with Gasteiger partial charge in [0.1, 0.15) is 23.5 Å². The number of thioether (sulfide) groups is 1. The molecule has 2 heterocycles. The van der Waals surface area contributed by atoms with E-state index in [1.54, 1.807) is 25.1 Å². The van der Waals surface area contributed by atoms with Gasteiger partial charge in [-0.25, -0.2) is 0 Å². The molecule has 1 unspecified atom stereocenters. The number of aromatic nitrogens is 1. The summed E-state index contributed by atoms with van der Waals surface area (Å²) in [4.78, 5) is 18.3. The monoisotopic (exact) mass is 330 g/mol. The molecule has 23 heavy (non-hydrogen) atoms. The number of pyridine rings is 1. The van der Waals surface area contributed by atoms with Crippen LogP contribution >= 0.6 is 11.8 Å². The molecule has 1 aliphatic rings. The number of carbonyl (C=O) groups is 1. The van der Waals surface area contributed by atoms with E-state index in [1.165, 1.54) is 0 Å². The van der Waals surface area contributed by atoms with E-state index < -0.39 is 0 Å². The summed E-state index contributed by atoms with van der Waals surface area (Å²) in [5, 5.41) is -0.0248. The Labute approximate surface area is 139 Å². The highest BCUT2D eigenvalue weighted by molar-refractivity contribution is 8.00. The van der Waals surface area contributed by atoms with Gasteiger partial charge in [-0.15, -0.1) is 11.8 Å². The Hall–Kier alpha value is -2.21. The van der Waals surface area contributed by atoms with Crippen molar-refractivity contribution in [3.8, 4) is 11.5 Å². The van der Waals surface area contributed by atoms with Crippen molar-refractivity contribution in [1.82, 2.24) is 9.88 Å². The molecule has 2 aromatic rings. The van der Waals surface area contributed by atoms with Crippen LogP contribution in [0, 0.1) is 0 Å². The maximum absolute atomic E-state index is 12.1. The molecule has 0 saturated carbocycles. The molecule has 0 bridgehead atoms. The Bertz CT molecular complexity index is 649. The molecule has 5 nitrogen and oxygen atoms in total. The molecule has 1 aromatic heterocycles. The predicted octanol–water partition coefficient (Wildman–Crippen LogP) is 2.74. The number of carbonyl (C=O) groups excluding carboxylic acids is 1. The average Bonchev–Trinajstić information content (AvgIpc) is 2.97. The second-order valence-electron chi connectivity index (χ2n) is 5.03. The zero-order valence-electron chi connectivity index (χ0n) is 12.8. The van der Waals surface area contributed by atoms with Gasteiger partial charge in [0.15, 0.2) is 0 Å². The van der Waals surface area contributed by atoms with E-state index in [-0.39, 0.29) is 11.3 Å². The minimum atomic E-state index is -0.0248. The molecule has 1 aromatic carbocycles. The lowest BCUT2D eigenvalue weighted by atomic mass is 10.3. The fourth-order valence-corrected chi connectivity index (χ4v) is 3.58. The molecule has 3 rings (SSSR count). The zero-order valence-corrected chi connectivity index (χ0v) is 13.7. The maximum atomic E-state index is 12.1. The molecule has 6 heteroatoms. The summed E-state index contributed by atoms with van der Waals surface area (Å²) in [6.07, 6.45) is 1.75. The third-order valence-electron chi connectivity index (χ3n) is 3.57.